The summed E-state index contributed by atoms with van der Waals surface area (Å²) in [7, 11) is 4.01. The van der Waals surface area contributed by atoms with Crippen LogP contribution >= 0.6 is 0 Å². The van der Waals surface area contributed by atoms with Gasteiger partial charge in [0.2, 0.25) is 0 Å². The average Bonchev–Trinajstić information content (AvgIpc) is 3.14. The summed E-state index contributed by atoms with van der Waals surface area (Å²) in [4.78, 5) is 13.6. The average molecular weight is 283 g/mol. The smallest absolute Gasteiger partial charge is 0.128 e. The molecule has 1 aromatic heterocycles. The van der Waals surface area contributed by atoms with Crippen molar-refractivity contribution in [2.24, 2.45) is 16.8 Å². The largest absolute Gasteiger partial charge is 0.356 e. The zero-order chi connectivity index (χ0) is 14.4. The van der Waals surface area contributed by atoms with E-state index in [9.17, 15) is 0 Å². The first-order chi connectivity index (χ1) is 10.3. The highest BCUT2D eigenvalue weighted by Gasteiger charge is 2.45. The topological polar surface area (TPSA) is 43.8 Å². The lowest BCUT2D eigenvalue weighted by atomic mass is 10.1. The van der Waals surface area contributed by atoms with Gasteiger partial charge in [-0.15, -0.1) is 0 Å². The van der Waals surface area contributed by atoms with Gasteiger partial charge >= 0.3 is 0 Å². The molecule has 1 saturated heterocycles. The van der Waals surface area contributed by atoms with Gasteiger partial charge in [-0.3, -0.25) is 10.3 Å². The van der Waals surface area contributed by atoms with Crippen molar-refractivity contribution < 1.29 is 0 Å². The number of nitrogens with zero attached hydrogens (tertiary/aromatic N) is 4. The molecule has 5 heteroatoms. The van der Waals surface area contributed by atoms with Gasteiger partial charge in [-0.25, -0.2) is 4.98 Å². The van der Waals surface area contributed by atoms with Crippen molar-refractivity contribution in [1.29, 1.82) is 0 Å². The van der Waals surface area contributed by atoms with E-state index in [1.807, 2.05) is 25.7 Å². The van der Waals surface area contributed by atoms with Gasteiger partial charge < -0.3 is 9.80 Å². The van der Waals surface area contributed by atoms with Crippen LogP contribution in [0.15, 0.2) is 29.5 Å². The molecule has 21 heavy (non-hydrogen) atoms. The number of hydrogen-bond acceptors (Lipinski definition) is 5. The van der Waals surface area contributed by atoms with Gasteiger partial charge in [0.05, 0.1) is 11.9 Å². The molecular formula is C16H21N5. The summed E-state index contributed by atoms with van der Waals surface area (Å²) < 4.78 is 0. The first-order valence-corrected chi connectivity index (χ1v) is 7.61. The van der Waals surface area contributed by atoms with E-state index >= 15 is 0 Å². The Morgan fingerprint density at radius 1 is 1.24 bits per heavy atom. The van der Waals surface area contributed by atoms with Crippen LogP contribution in [0.2, 0.25) is 0 Å². The Kier molecular flexibility index (Phi) is 2.96. The predicted molar refractivity (Wildman–Crippen MR) is 85.1 cm³/mol. The maximum atomic E-state index is 4.66. The molecule has 0 amide bonds. The summed E-state index contributed by atoms with van der Waals surface area (Å²) in [5.74, 6) is 2.98. The molecule has 1 N–H and O–H groups in total. The summed E-state index contributed by atoms with van der Waals surface area (Å²) in [6.07, 6.45) is 7.33. The molecule has 1 saturated carbocycles. The zero-order valence-electron chi connectivity index (χ0n) is 12.5. The molecule has 0 bridgehead atoms. The number of rotatable bonds is 3. The van der Waals surface area contributed by atoms with E-state index in [1.54, 1.807) is 0 Å². The fraction of sp³-hybridized carbons (Fsp3) is 0.500. The van der Waals surface area contributed by atoms with E-state index in [0.29, 0.717) is 0 Å². The van der Waals surface area contributed by atoms with Crippen LogP contribution in [0.5, 0.6) is 0 Å². The fourth-order valence-electron chi connectivity index (χ4n) is 3.39. The van der Waals surface area contributed by atoms with Crippen LogP contribution in [-0.4, -0.2) is 49.4 Å². The molecule has 3 atom stereocenters. The normalized spacial score (nSPS) is 30.4. The third-order valence-electron chi connectivity index (χ3n) is 4.86. The van der Waals surface area contributed by atoms with Gasteiger partial charge in [-0.1, -0.05) is 0 Å². The molecule has 3 heterocycles. The predicted octanol–water partition coefficient (Wildman–Crippen LogP) is 1.40. The lowest BCUT2D eigenvalue weighted by Crippen LogP contribution is -2.43. The molecule has 1 aliphatic carbocycles. The van der Waals surface area contributed by atoms with Crippen LogP contribution < -0.4 is 10.2 Å². The number of aromatic nitrogens is 1. The van der Waals surface area contributed by atoms with E-state index < -0.39 is 0 Å². The molecule has 3 unspecified atom stereocenters. The van der Waals surface area contributed by atoms with Gasteiger partial charge in [0.15, 0.2) is 0 Å². The van der Waals surface area contributed by atoms with Crippen molar-refractivity contribution in [2.45, 2.75) is 12.6 Å². The maximum absolute atomic E-state index is 4.66. The van der Waals surface area contributed by atoms with Crippen LogP contribution in [0.25, 0.3) is 5.70 Å². The van der Waals surface area contributed by atoms with Crippen molar-refractivity contribution in [3.63, 3.8) is 0 Å². The molecule has 2 aliphatic heterocycles. The van der Waals surface area contributed by atoms with Crippen molar-refractivity contribution in [3.8, 4) is 0 Å². The standard InChI is InChI=1S/C16H21N5/c1-17-16-8-18-7-14(20(16)2)11-3-4-15(19-6-11)21-9-12-5-13(12)10-21/h3-4,6-8,12-13,16-17H,5,9-10H2,1-2H3. The van der Waals surface area contributed by atoms with E-state index in [2.05, 4.69) is 44.3 Å². The van der Waals surface area contributed by atoms with Gasteiger partial charge in [0.1, 0.15) is 12.0 Å². The first kappa shape index (κ1) is 12.8. The Balaban J connectivity index is 1.53. The van der Waals surface area contributed by atoms with Gasteiger partial charge in [-0.05, 0) is 37.4 Å². The highest BCUT2D eigenvalue weighted by Crippen LogP contribution is 2.45. The van der Waals surface area contributed by atoms with Crippen LogP contribution in [0.3, 0.4) is 0 Å². The van der Waals surface area contributed by atoms with Crippen LogP contribution in [0, 0.1) is 11.8 Å². The summed E-state index contributed by atoms with van der Waals surface area (Å²) in [5, 5.41) is 3.23. The van der Waals surface area contributed by atoms with Crippen LogP contribution in [0.4, 0.5) is 5.82 Å². The minimum atomic E-state index is 0.135. The number of pyridine rings is 1. The highest BCUT2D eigenvalue weighted by molar-refractivity contribution is 5.76. The van der Waals surface area contributed by atoms with E-state index in [1.165, 1.54) is 19.5 Å². The van der Waals surface area contributed by atoms with E-state index in [0.717, 1.165) is 28.9 Å². The third-order valence-corrected chi connectivity index (χ3v) is 4.86. The molecule has 2 fully saturated rings. The third kappa shape index (κ3) is 2.21. The fourth-order valence-corrected chi connectivity index (χ4v) is 3.39. The summed E-state index contributed by atoms with van der Waals surface area (Å²) in [6.45, 7) is 2.37. The van der Waals surface area contributed by atoms with Crippen LogP contribution in [0.1, 0.15) is 12.0 Å². The Morgan fingerprint density at radius 2 is 2.05 bits per heavy atom. The second kappa shape index (κ2) is 4.84. The molecule has 110 valence electrons. The minimum Gasteiger partial charge on any atom is -0.356 e. The number of piperidine rings is 1. The first-order valence-electron chi connectivity index (χ1n) is 7.61. The van der Waals surface area contributed by atoms with Gasteiger partial charge in [0, 0.05) is 38.1 Å². The summed E-state index contributed by atoms with van der Waals surface area (Å²) in [6, 6.07) is 4.30. The van der Waals surface area contributed by atoms with Crippen molar-refractivity contribution in [2.75, 3.05) is 32.1 Å². The number of fused-ring (bicyclic) bond motifs is 1. The van der Waals surface area contributed by atoms with Crippen molar-refractivity contribution in [3.05, 3.63) is 30.1 Å². The molecular weight excluding hydrogens is 262 g/mol. The molecule has 0 spiro atoms. The Bertz CT molecular complexity index is 581. The second-order valence-electron chi connectivity index (χ2n) is 6.22. The Morgan fingerprint density at radius 3 is 2.71 bits per heavy atom. The molecule has 1 aromatic rings. The maximum Gasteiger partial charge on any atom is 0.128 e. The van der Waals surface area contributed by atoms with Gasteiger partial charge in [0.25, 0.3) is 0 Å². The second-order valence-corrected chi connectivity index (χ2v) is 6.22. The molecule has 0 aromatic carbocycles. The Hall–Kier alpha value is -1.88. The van der Waals surface area contributed by atoms with Crippen molar-refractivity contribution >= 4 is 17.7 Å². The SMILES string of the molecule is CNC1C=NC=C(c2ccc(N3CC4CC4C3)nc2)N1C. The Labute approximate surface area is 125 Å². The zero-order valence-corrected chi connectivity index (χ0v) is 12.5. The molecule has 0 radical (unpaired) electrons. The number of anilines is 1. The molecule has 5 nitrogen and oxygen atoms in total. The number of aliphatic imine (C=N–C) groups is 1. The molecule has 4 rings (SSSR count). The highest BCUT2D eigenvalue weighted by atomic mass is 15.3. The van der Waals surface area contributed by atoms with E-state index in [4.69, 9.17) is 0 Å². The molecule has 3 aliphatic rings. The summed E-state index contributed by atoms with van der Waals surface area (Å²) in [5.41, 5.74) is 2.21. The number of hydrogen-bond donors (Lipinski definition) is 1. The quantitative estimate of drug-likeness (QED) is 0.910. The van der Waals surface area contributed by atoms with Crippen LogP contribution in [-0.2, 0) is 0 Å². The minimum absolute atomic E-state index is 0.135. The van der Waals surface area contributed by atoms with Crippen molar-refractivity contribution in [1.82, 2.24) is 15.2 Å². The van der Waals surface area contributed by atoms with E-state index in [-0.39, 0.29) is 6.17 Å². The monoisotopic (exact) mass is 283 g/mol. The lowest BCUT2D eigenvalue weighted by Gasteiger charge is -2.31. The summed E-state index contributed by atoms with van der Waals surface area (Å²) >= 11 is 0. The lowest BCUT2D eigenvalue weighted by molar-refractivity contribution is 0.386. The van der Waals surface area contributed by atoms with Gasteiger partial charge in [-0.2, -0.15) is 0 Å². The number of nitrogens with one attached hydrogen (secondary N) is 1.